The van der Waals surface area contributed by atoms with Crippen molar-refractivity contribution in [2.24, 2.45) is 5.92 Å². The molecule has 5 nitrogen and oxygen atoms in total. The molecule has 1 N–H and O–H groups in total. The van der Waals surface area contributed by atoms with E-state index in [4.69, 9.17) is 11.6 Å². The maximum atomic E-state index is 12.9. The van der Waals surface area contributed by atoms with E-state index in [1.54, 1.807) is 22.8 Å². The molecule has 3 aromatic rings. The Morgan fingerprint density at radius 3 is 2.75 bits per heavy atom. The van der Waals surface area contributed by atoms with Crippen LogP contribution in [0.5, 0.6) is 0 Å². The van der Waals surface area contributed by atoms with Gasteiger partial charge >= 0.3 is 0 Å². The fourth-order valence-corrected chi connectivity index (χ4v) is 3.84. The number of hydrogen-bond acceptors (Lipinski definition) is 4. The Bertz CT molecular complexity index is 1080. The molecule has 0 saturated carbocycles. The highest BCUT2D eigenvalue weighted by Crippen LogP contribution is 2.21. The third kappa shape index (κ3) is 4.94. The highest BCUT2D eigenvalue weighted by Gasteiger charge is 2.15. The van der Waals surface area contributed by atoms with Gasteiger partial charge in [-0.1, -0.05) is 49.3 Å². The van der Waals surface area contributed by atoms with Crippen molar-refractivity contribution >= 4 is 45.9 Å². The molecule has 2 aromatic carbocycles. The summed E-state index contributed by atoms with van der Waals surface area (Å²) in [5, 5.41) is 4.45. The molecular formula is C21H22ClN3O2S. The number of amides is 1. The number of nitrogens with zero attached hydrogens (tertiary/aromatic N) is 2. The van der Waals surface area contributed by atoms with Crippen LogP contribution in [0.1, 0.15) is 19.4 Å². The predicted octanol–water partition coefficient (Wildman–Crippen LogP) is 4.75. The number of carbonyl (C=O) groups excluding carboxylic acids is 1. The monoisotopic (exact) mass is 415 g/mol. The first kappa shape index (κ1) is 20.4. The Labute approximate surface area is 173 Å². The predicted molar refractivity (Wildman–Crippen MR) is 116 cm³/mol. The zero-order valence-electron chi connectivity index (χ0n) is 16.0. The number of anilines is 1. The lowest BCUT2D eigenvalue weighted by Crippen LogP contribution is -2.26. The average Bonchev–Trinajstić information content (AvgIpc) is 2.62. The number of aryl methyl sites for hydroxylation is 1. The van der Waals surface area contributed by atoms with Crippen molar-refractivity contribution in [2.45, 2.75) is 32.5 Å². The number of aromatic nitrogens is 2. The SMILES string of the molecule is Cc1cccc(NC(=O)CSc2nc3cc(Cl)ccc3c(=O)n2CC(C)C)c1. The number of rotatable bonds is 6. The fraction of sp³-hybridized carbons (Fsp3) is 0.286. The van der Waals surface area contributed by atoms with E-state index in [0.29, 0.717) is 27.6 Å². The van der Waals surface area contributed by atoms with Crippen LogP contribution in [0, 0.1) is 12.8 Å². The molecule has 0 saturated heterocycles. The minimum atomic E-state index is -0.146. The Balaban J connectivity index is 1.86. The zero-order chi connectivity index (χ0) is 20.3. The van der Waals surface area contributed by atoms with Gasteiger partial charge in [-0.25, -0.2) is 4.98 Å². The first-order valence-electron chi connectivity index (χ1n) is 9.03. The molecule has 1 aromatic heterocycles. The topological polar surface area (TPSA) is 64.0 Å². The van der Waals surface area contributed by atoms with Gasteiger partial charge < -0.3 is 5.32 Å². The van der Waals surface area contributed by atoms with E-state index in [0.717, 1.165) is 11.3 Å². The summed E-state index contributed by atoms with van der Waals surface area (Å²) in [6.07, 6.45) is 0. The standard InChI is InChI=1S/C21H22ClN3O2S/c1-13(2)11-25-20(27)17-8-7-15(22)10-18(17)24-21(25)28-12-19(26)23-16-6-4-5-14(3)9-16/h4-10,13H,11-12H2,1-3H3,(H,23,26). The van der Waals surface area contributed by atoms with Crippen LogP contribution in [-0.2, 0) is 11.3 Å². The van der Waals surface area contributed by atoms with Crippen LogP contribution < -0.4 is 10.9 Å². The molecule has 146 valence electrons. The number of nitrogens with one attached hydrogen (secondary N) is 1. The van der Waals surface area contributed by atoms with Crippen molar-refractivity contribution in [1.82, 2.24) is 9.55 Å². The van der Waals surface area contributed by atoms with Crippen molar-refractivity contribution in [1.29, 1.82) is 0 Å². The summed E-state index contributed by atoms with van der Waals surface area (Å²) in [6, 6.07) is 12.7. The molecule has 0 unspecified atom stereocenters. The van der Waals surface area contributed by atoms with Gasteiger partial charge in [0.15, 0.2) is 5.16 Å². The van der Waals surface area contributed by atoms with E-state index in [1.165, 1.54) is 11.8 Å². The average molecular weight is 416 g/mol. The summed E-state index contributed by atoms with van der Waals surface area (Å²) in [5.41, 5.74) is 2.25. The van der Waals surface area contributed by atoms with Crippen molar-refractivity contribution in [3.63, 3.8) is 0 Å². The summed E-state index contributed by atoms with van der Waals surface area (Å²) in [5.74, 6) is 0.279. The number of halogens is 1. The van der Waals surface area contributed by atoms with Gasteiger partial charge in [0, 0.05) is 17.3 Å². The maximum Gasteiger partial charge on any atom is 0.262 e. The van der Waals surface area contributed by atoms with Crippen molar-refractivity contribution in [2.75, 3.05) is 11.1 Å². The van der Waals surface area contributed by atoms with Crippen molar-refractivity contribution in [3.8, 4) is 0 Å². The summed E-state index contributed by atoms with van der Waals surface area (Å²) in [7, 11) is 0. The quantitative estimate of drug-likeness (QED) is 0.466. The summed E-state index contributed by atoms with van der Waals surface area (Å²) >= 11 is 7.31. The Hall–Kier alpha value is -2.31. The summed E-state index contributed by atoms with van der Waals surface area (Å²) in [6.45, 7) is 6.58. The van der Waals surface area contributed by atoms with E-state index in [9.17, 15) is 9.59 Å². The van der Waals surface area contributed by atoms with Crippen LogP contribution in [-0.4, -0.2) is 21.2 Å². The summed E-state index contributed by atoms with van der Waals surface area (Å²) < 4.78 is 1.64. The van der Waals surface area contributed by atoms with Crippen LogP contribution >= 0.6 is 23.4 Å². The molecule has 0 aliphatic rings. The normalized spacial score (nSPS) is 11.2. The lowest BCUT2D eigenvalue weighted by Gasteiger charge is -2.15. The highest BCUT2D eigenvalue weighted by molar-refractivity contribution is 7.99. The Morgan fingerprint density at radius 1 is 1.25 bits per heavy atom. The minimum Gasteiger partial charge on any atom is -0.325 e. The van der Waals surface area contributed by atoms with Gasteiger partial charge in [0.2, 0.25) is 5.91 Å². The third-order valence-electron chi connectivity index (χ3n) is 4.06. The molecule has 0 aliphatic carbocycles. The van der Waals surface area contributed by atoms with Crippen LogP contribution in [0.3, 0.4) is 0 Å². The minimum absolute atomic E-state index is 0.114. The van der Waals surface area contributed by atoms with Crippen LogP contribution in [0.15, 0.2) is 52.4 Å². The first-order chi connectivity index (χ1) is 13.3. The second-order valence-corrected chi connectivity index (χ2v) is 8.45. The molecule has 1 amide bonds. The van der Waals surface area contributed by atoms with E-state index in [2.05, 4.69) is 10.3 Å². The Morgan fingerprint density at radius 2 is 2.04 bits per heavy atom. The van der Waals surface area contributed by atoms with Gasteiger partial charge in [0.25, 0.3) is 5.56 Å². The Kier molecular flexibility index (Phi) is 6.42. The van der Waals surface area contributed by atoms with Crippen molar-refractivity contribution < 1.29 is 4.79 Å². The molecule has 0 atom stereocenters. The van der Waals surface area contributed by atoms with Gasteiger partial charge in [-0.3, -0.25) is 14.2 Å². The van der Waals surface area contributed by atoms with Gasteiger partial charge in [-0.15, -0.1) is 0 Å². The van der Waals surface area contributed by atoms with E-state index < -0.39 is 0 Å². The van der Waals surface area contributed by atoms with E-state index in [-0.39, 0.29) is 23.1 Å². The number of benzene rings is 2. The zero-order valence-corrected chi connectivity index (χ0v) is 17.6. The third-order valence-corrected chi connectivity index (χ3v) is 5.28. The van der Waals surface area contributed by atoms with Crippen molar-refractivity contribution in [3.05, 3.63) is 63.4 Å². The molecular weight excluding hydrogens is 394 g/mol. The highest BCUT2D eigenvalue weighted by atomic mass is 35.5. The maximum absolute atomic E-state index is 12.9. The van der Waals surface area contributed by atoms with Gasteiger partial charge in [-0.05, 0) is 48.7 Å². The molecule has 0 aliphatic heterocycles. The van der Waals surface area contributed by atoms with Gasteiger partial charge in [0.05, 0.1) is 16.7 Å². The number of thioether (sulfide) groups is 1. The first-order valence-corrected chi connectivity index (χ1v) is 10.4. The van der Waals surface area contributed by atoms with Gasteiger partial charge in [-0.2, -0.15) is 0 Å². The smallest absolute Gasteiger partial charge is 0.262 e. The summed E-state index contributed by atoms with van der Waals surface area (Å²) in [4.78, 5) is 29.9. The second kappa shape index (κ2) is 8.80. The molecule has 7 heteroatoms. The number of hydrogen-bond donors (Lipinski definition) is 1. The second-order valence-electron chi connectivity index (χ2n) is 7.07. The van der Waals surface area contributed by atoms with Gasteiger partial charge in [0.1, 0.15) is 0 Å². The lowest BCUT2D eigenvalue weighted by molar-refractivity contribution is -0.113. The molecule has 28 heavy (non-hydrogen) atoms. The van der Waals surface area contributed by atoms with E-state index in [1.807, 2.05) is 45.0 Å². The van der Waals surface area contributed by atoms with Crippen LogP contribution in [0.25, 0.3) is 10.9 Å². The molecule has 0 spiro atoms. The fourth-order valence-electron chi connectivity index (χ4n) is 2.86. The number of fused-ring (bicyclic) bond motifs is 1. The van der Waals surface area contributed by atoms with Crippen LogP contribution in [0.4, 0.5) is 5.69 Å². The largest absolute Gasteiger partial charge is 0.325 e. The number of carbonyl (C=O) groups is 1. The molecule has 1 heterocycles. The van der Waals surface area contributed by atoms with E-state index >= 15 is 0 Å². The molecule has 0 fully saturated rings. The molecule has 0 bridgehead atoms. The molecule has 3 rings (SSSR count). The lowest BCUT2D eigenvalue weighted by atomic mass is 10.2. The molecule has 0 radical (unpaired) electrons. The van der Waals surface area contributed by atoms with Crippen LogP contribution in [0.2, 0.25) is 5.02 Å².